The molecule has 3 heteroatoms. The lowest BCUT2D eigenvalue weighted by Gasteiger charge is -2.02. The van der Waals surface area contributed by atoms with Crippen LogP contribution >= 0.6 is 11.3 Å². The zero-order chi connectivity index (χ0) is 10.3. The molecular formula is C12H10N2S. The number of rotatable bonds is 1. The van der Waals surface area contributed by atoms with Crippen molar-refractivity contribution in [1.82, 2.24) is 4.98 Å². The summed E-state index contributed by atoms with van der Waals surface area (Å²) < 4.78 is 0. The minimum atomic E-state index is 0.816. The van der Waals surface area contributed by atoms with Crippen LogP contribution in [-0.4, -0.2) is 4.98 Å². The average Bonchev–Trinajstić information content (AvgIpc) is 2.76. The van der Waals surface area contributed by atoms with Gasteiger partial charge in [0.2, 0.25) is 0 Å². The van der Waals surface area contributed by atoms with E-state index in [1.54, 1.807) is 11.3 Å². The minimum Gasteiger partial charge on any atom is -0.399 e. The molecule has 0 spiro atoms. The molecule has 0 atom stereocenters. The van der Waals surface area contributed by atoms with E-state index in [9.17, 15) is 0 Å². The number of nitrogen functional groups attached to an aromatic ring is 1. The largest absolute Gasteiger partial charge is 0.399 e. The van der Waals surface area contributed by atoms with Crippen molar-refractivity contribution in [2.24, 2.45) is 0 Å². The number of hydrogen-bond acceptors (Lipinski definition) is 3. The Hall–Kier alpha value is -1.61. The molecule has 1 aromatic carbocycles. The van der Waals surface area contributed by atoms with E-state index in [-0.39, 0.29) is 0 Å². The van der Waals surface area contributed by atoms with Crippen molar-refractivity contribution < 1.29 is 0 Å². The molecule has 74 valence electrons. The molecule has 15 heavy (non-hydrogen) atoms. The van der Waals surface area contributed by atoms with Crippen molar-refractivity contribution in [3.05, 3.63) is 45.9 Å². The van der Waals surface area contributed by atoms with Gasteiger partial charge in [-0.15, -0.1) is 11.3 Å². The van der Waals surface area contributed by atoms with Crippen LogP contribution in [0.3, 0.4) is 0 Å². The van der Waals surface area contributed by atoms with E-state index in [0.717, 1.165) is 12.1 Å². The van der Waals surface area contributed by atoms with E-state index in [1.165, 1.54) is 21.7 Å². The first-order valence-corrected chi connectivity index (χ1v) is 5.70. The van der Waals surface area contributed by atoms with Gasteiger partial charge in [-0.25, -0.2) is 4.98 Å². The maximum Gasteiger partial charge on any atom is 0.0801 e. The molecule has 0 fully saturated rings. The fourth-order valence-electron chi connectivity index (χ4n) is 1.84. The molecule has 2 N–H and O–H groups in total. The summed E-state index contributed by atoms with van der Waals surface area (Å²) >= 11 is 1.70. The Morgan fingerprint density at radius 2 is 2.27 bits per heavy atom. The number of anilines is 1. The lowest BCUT2D eigenvalue weighted by Crippen LogP contribution is -1.89. The topological polar surface area (TPSA) is 38.9 Å². The summed E-state index contributed by atoms with van der Waals surface area (Å²) in [4.78, 5) is 5.61. The van der Waals surface area contributed by atoms with Crippen LogP contribution in [0, 0.1) is 0 Å². The smallest absolute Gasteiger partial charge is 0.0801 e. The molecule has 1 aliphatic carbocycles. The third kappa shape index (κ3) is 1.45. The standard InChI is InChI=1S/C12H10N2S/c13-10-3-1-2-8(4-10)9-5-11-12(6-9)15-7-14-11/h1-4,6-7H,5,13H2. The van der Waals surface area contributed by atoms with Crippen molar-refractivity contribution in [2.45, 2.75) is 6.42 Å². The summed E-state index contributed by atoms with van der Waals surface area (Å²) in [6.45, 7) is 0. The minimum absolute atomic E-state index is 0.816. The van der Waals surface area contributed by atoms with Crippen LogP contribution in [0.25, 0.3) is 11.6 Å². The Morgan fingerprint density at radius 3 is 3.07 bits per heavy atom. The highest BCUT2D eigenvalue weighted by atomic mass is 32.1. The highest BCUT2D eigenvalue weighted by Crippen LogP contribution is 2.33. The number of nitrogens with zero attached hydrogens (tertiary/aromatic N) is 1. The predicted octanol–water partition coefficient (Wildman–Crippen LogP) is 2.82. The van der Waals surface area contributed by atoms with Crippen LogP contribution < -0.4 is 5.73 Å². The van der Waals surface area contributed by atoms with Crippen LogP contribution in [0.1, 0.15) is 16.1 Å². The average molecular weight is 214 g/mol. The van der Waals surface area contributed by atoms with Gasteiger partial charge in [-0.05, 0) is 29.3 Å². The molecule has 1 aliphatic rings. The maximum absolute atomic E-state index is 5.77. The summed E-state index contributed by atoms with van der Waals surface area (Å²) in [6, 6.07) is 8.01. The fraction of sp³-hybridized carbons (Fsp3) is 0.0833. The SMILES string of the molecule is Nc1cccc(C2=Cc3scnc3C2)c1. The Kier molecular flexibility index (Phi) is 1.86. The van der Waals surface area contributed by atoms with Gasteiger partial charge in [-0.2, -0.15) is 0 Å². The lowest BCUT2D eigenvalue weighted by atomic mass is 10.0. The highest BCUT2D eigenvalue weighted by molar-refractivity contribution is 7.10. The van der Waals surface area contributed by atoms with Gasteiger partial charge in [0, 0.05) is 12.1 Å². The summed E-state index contributed by atoms with van der Waals surface area (Å²) in [5, 5.41) is 0. The zero-order valence-corrected chi connectivity index (χ0v) is 8.92. The van der Waals surface area contributed by atoms with Gasteiger partial charge in [0.15, 0.2) is 0 Å². The predicted molar refractivity (Wildman–Crippen MR) is 64.5 cm³/mol. The first-order valence-electron chi connectivity index (χ1n) is 4.82. The van der Waals surface area contributed by atoms with Crippen LogP contribution in [0.2, 0.25) is 0 Å². The number of thiazole rings is 1. The van der Waals surface area contributed by atoms with Gasteiger partial charge in [0.05, 0.1) is 16.1 Å². The van der Waals surface area contributed by atoms with Crippen molar-refractivity contribution >= 4 is 28.7 Å². The lowest BCUT2D eigenvalue weighted by molar-refractivity contribution is 1.18. The first-order chi connectivity index (χ1) is 7.33. The second-order valence-electron chi connectivity index (χ2n) is 3.64. The second kappa shape index (κ2) is 3.21. The molecule has 2 nitrogen and oxygen atoms in total. The molecule has 0 amide bonds. The van der Waals surface area contributed by atoms with E-state index in [1.807, 2.05) is 23.7 Å². The van der Waals surface area contributed by atoms with Gasteiger partial charge in [0.1, 0.15) is 0 Å². The van der Waals surface area contributed by atoms with Crippen LogP contribution in [0.15, 0.2) is 29.8 Å². The van der Waals surface area contributed by atoms with E-state index < -0.39 is 0 Å². The van der Waals surface area contributed by atoms with Crippen molar-refractivity contribution in [2.75, 3.05) is 5.73 Å². The molecule has 0 aliphatic heterocycles. The van der Waals surface area contributed by atoms with Crippen molar-refractivity contribution in [3.8, 4) is 0 Å². The highest BCUT2D eigenvalue weighted by Gasteiger charge is 2.16. The zero-order valence-electron chi connectivity index (χ0n) is 8.10. The van der Waals surface area contributed by atoms with E-state index in [4.69, 9.17) is 5.73 Å². The van der Waals surface area contributed by atoms with Crippen LogP contribution in [-0.2, 0) is 6.42 Å². The van der Waals surface area contributed by atoms with Crippen molar-refractivity contribution in [1.29, 1.82) is 0 Å². The number of aromatic nitrogens is 1. The van der Waals surface area contributed by atoms with Crippen LogP contribution in [0.5, 0.6) is 0 Å². The van der Waals surface area contributed by atoms with E-state index in [0.29, 0.717) is 0 Å². The molecule has 0 saturated heterocycles. The fourth-order valence-corrected chi connectivity index (χ4v) is 2.61. The molecule has 0 saturated carbocycles. The third-order valence-electron chi connectivity index (χ3n) is 2.59. The Bertz CT molecular complexity index is 540. The molecule has 0 unspecified atom stereocenters. The van der Waals surface area contributed by atoms with Crippen LogP contribution in [0.4, 0.5) is 5.69 Å². The van der Waals surface area contributed by atoms with E-state index >= 15 is 0 Å². The van der Waals surface area contributed by atoms with Crippen molar-refractivity contribution in [3.63, 3.8) is 0 Å². The molecule has 2 aromatic rings. The Balaban J connectivity index is 2.01. The third-order valence-corrected chi connectivity index (χ3v) is 3.41. The summed E-state index contributed by atoms with van der Waals surface area (Å²) in [6.07, 6.45) is 3.14. The summed E-state index contributed by atoms with van der Waals surface area (Å²) in [7, 11) is 0. The van der Waals surface area contributed by atoms with Gasteiger partial charge in [-0.3, -0.25) is 0 Å². The molecule has 1 heterocycles. The number of benzene rings is 1. The molecular weight excluding hydrogens is 204 g/mol. The van der Waals surface area contributed by atoms with E-state index in [2.05, 4.69) is 17.1 Å². The normalized spacial score (nSPS) is 13.7. The second-order valence-corrected chi connectivity index (χ2v) is 4.52. The molecule has 0 bridgehead atoms. The summed E-state index contributed by atoms with van der Waals surface area (Å²) in [5.41, 5.74) is 12.2. The summed E-state index contributed by atoms with van der Waals surface area (Å²) in [5.74, 6) is 0. The molecule has 3 rings (SSSR count). The maximum atomic E-state index is 5.77. The number of fused-ring (bicyclic) bond motifs is 1. The Labute approximate surface area is 92.1 Å². The number of nitrogens with two attached hydrogens (primary N) is 1. The first kappa shape index (κ1) is 8.68. The molecule has 0 radical (unpaired) electrons. The quantitative estimate of drug-likeness (QED) is 0.741. The number of allylic oxidation sites excluding steroid dienone is 1. The Morgan fingerprint density at radius 1 is 1.33 bits per heavy atom. The van der Waals surface area contributed by atoms with Gasteiger partial charge < -0.3 is 5.73 Å². The monoisotopic (exact) mass is 214 g/mol. The van der Waals surface area contributed by atoms with Gasteiger partial charge in [-0.1, -0.05) is 12.1 Å². The molecule has 1 aromatic heterocycles. The number of hydrogen-bond donors (Lipinski definition) is 1. The van der Waals surface area contributed by atoms with Gasteiger partial charge >= 0.3 is 0 Å². The van der Waals surface area contributed by atoms with Gasteiger partial charge in [0.25, 0.3) is 0 Å².